The molecule has 1 saturated heterocycles. The zero-order valence-corrected chi connectivity index (χ0v) is 19.6. The summed E-state index contributed by atoms with van der Waals surface area (Å²) in [4.78, 5) is 29.5. The lowest BCUT2D eigenvalue weighted by Gasteiger charge is -2.37. The molecule has 0 atom stereocenters. The fourth-order valence-corrected chi connectivity index (χ4v) is 5.48. The standard InChI is InChI=1S/C22H27F3N2O6S/c1-26(12-13-27-10-2-3-11-27)19(28)15-6-8-21(9-7-15)18-5-4-16(14-17(18)20(29)32-21)33-34(30,31)22(23,24)25/h4-5,14-15H,2-3,6-13H2,1H3. The molecule has 1 spiro atoms. The van der Waals surface area contributed by atoms with Crippen LogP contribution in [0.3, 0.4) is 0 Å². The molecule has 4 rings (SSSR count). The van der Waals surface area contributed by atoms with Gasteiger partial charge in [-0.05, 0) is 63.7 Å². The Morgan fingerprint density at radius 1 is 1.24 bits per heavy atom. The Kier molecular flexibility index (Phi) is 6.58. The number of likely N-dealkylation sites (N-methyl/N-ethyl adjacent to an activating group) is 1. The molecule has 2 fully saturated rings. The third-order valence-electron chi connectivity index (χ3n) is 6.95. The van der Waals surface area contributed by atoms with E-state index in [4.69, 9.17) is 4.74 Å². The number of amides is 1. The van der Waals surface area contributed by atoms with Gasteiger partial charge in [-0.25, -0.2) is 4.79 Å². The van der Waals surface area contributed by atoms with Crippen LogP contribution in [-0.2, 0) is 25.3 Å². The van der Waals surface area contributed by atoms with E-state index in [2.05, 4.69) is 9.08 Å². The van der Waals surface area contributed by atoms with Crippen LogP contribution in [0.2, 0.25) is 0 Å². The normalized spacial score (nSPS) is 25.3. The van der Waals surface area contributed by atoms with E-state index < -0.39 is 32.9 Å². The fourth-order valence-electron chi connectivity index (χ4n) is 5.02. The highest BCUT2D eigenvalue weighted by atomic mass is 32.2. The minimum atomic E-state index is -5.85. The van der Waals surface area contributed by atoms with E-state index in [1.807, 2.05) is 0 Å². The first kappa shape index (κ1) is 24.8. The van der Waals surface area contributed by atoms with Gasteiger partial charge in [0.05, 0.1) is 5.56 Å². The first-order valence-corrected chi connectivity index (χ1v) is 12.7. The molecule has 1 aromatic carbocycles. The lowest BCUT2D eigenvalue weighted by molar-refractivity contribution is -0.137. The van der Waals surface area contributed by atoms with Crippen LogP contribution in [0, 0.1) is 5.92 Å². The number of carbonyl (C=O) groups is 2. The number of halogens is 3. The summed E-state index contributed by atoms with van der Waals surface area (Å²) in [5.41, 5.74) is -6.11. The topological polar surface area (TPSA) is 93.2 Å². The number of benzene rings is 1. The van der Waals surface area contributed by atoms with Crippen molar-refractivity contribution >= 4 is 22.0 Å². The number of fused-ring (bicyclic) bond motifs is 2. The molecule has 12 heteroatoms. The number of esters is 1. The Labute approximate surface area is 196 Å². The van der Waals surface area contributed by atoms with Crippen LogP contribution in [0.25, 0.3) is 0 Å². The minimum Gasteiger partial charge on any atom is -0.451 e. The van der Waals surface area contributed by atoms with Crippen molar-refractivity contribution in [2.45, 2.75) is 49.6 Å². The van der Waals surface area contributed by atoms with Crippen LogP contribution < -0.4 is 4.18 Å². The van der Waals surface area contributed by atoms with Gasteiger partial charge in [0, 0.05) is 31.6 Å². The van der Waals surface area contributed by atoms with Gasteiger partial charge in [0.15, 0.2) is 0 Å². The van der Waals surface area contributed by atoms with Gasteiger partial charge in [-0.2, -0.15) is 21.6 Å². The highest BCUT2D eigenvalue weighted by Crippen LogP contribution is 2.49. The summed E-state index contributed by atoms with van der Waals surface area (Å²) in [7, 11) is -4.06. The summed E-state index contributed by atoms with van der Waals surface area (Å²) in [6, 6.07) is 3.40. The van der Waals surface area contributed by atoms with E-state index in [1.165, 1.54) is 18.9 Å². The second kappa shape index (κ2) is 9.03. The highest BCUT2D eigenvalue weighted by molar-refractivity contribution is 7.88. The van der Waals surface area contributed by atoms with E-state index in [9.17, 15) is 31.2 Å². The van der Waals surface area contributed by atoms with E-state index in [-0.39, 0.29) is 17.4 Å². The number of hydrogen-bond donors (Lipinski definition) is 0. The maximum absolute atomic E-state index is 12.9. The van der Waals surface area contributed by atoms with Gasteiger partial charge in [0.2, 0.25) is 5.91 Å². The van der Waals surface area contributed by atoms with Crippen LogP contribution in [0.15, 0.2) is 18.2 Å². The number of carbonyl (C=O) groups excluding carboxylic acids is 2. The molecule has 1 aromatic rings. The largest absolute Gasteiger partial charge is 0.534 e. The van der Waals surface area contributed by atoms with Crippen molar-refractivity contribution in [1.29, 1.82) is 0 Å². The van der Waals surface area contributed by atoms with E-state index >= 15 is 0 Å². The van der Waals surface area contributed by atoms with Crippen molar-refractivity contribution in [2.24, 2.45) is 5.92 Å². The molecule has 188 valence electrons. The van der Waals surface area contributed by atoms with Crippen molar-refractivity contribution in [1.82, 2.24) is 9.80 Å². The molecule has 0 unspecified atom stereocenters. The van der Waals surface area contributed by atoms with Crippen molar-refractivity contribution in [3.05, 3.63) is 29.3 Å². The van der Waals surface area contributed by atoms with Crippen molar-refractivity contribution < 1.29 is 40.1 Å². The van der Waals surface area contributed by atoms with E-state index in [0.717, 1.165) is 31.8 Å². The molecule has 1 aliphatic carbocycles. The number of likely N-dealkylation sites (tertiary alicyclic amines) is 1. The van der Waals surface area contributed by atoms with Crippen molar-refractivity contribution in [3.63, 3.8) is 0 Å². The summed E-state index contributed by atoms with van der Waals surface area (Å²) in [6.07, 6.45) is 4.16. The van der Waals surface area contributed by atoms with Crippen molar-refractivity contribution in [2.75, 3.05) is 33.2 Å². The van der Waals surface area contributed by atoms with Gasteiger partial charge in [0.1, 0.15) is 11.4 Å². The number of ether oxygens (including phenoxy) is 1. The number of hydrogen-bond acceptors (Lipinski definition) is 7. The minimum absolute atomic E-state index is 0.0256. The smallest absolute Gasteiger partial charge is 0.451 e. The first-order valence-electron chi connectivity index (χ1n) is 11.3. The van der Waals surface area contributed by atoms with E-state index in [1.54, 1.807) is 11.9 Å². The average Bonchev–Trinajstić information content (AvgIpc) is 3.38. The molecule has 34 heavy (non-hydrogen) atoms. The summed E-state index contributed by atoms with van der Waals surface area (Å²) >= 11 is 0. The summed E-state index contributed by atoms with van der Waals surface area (Å²) in [6.45, 7) is 3.63. The SMILES string of the molecule is CN(CCN1CCCC1)C(=O)C1CCC2(CC1)OC(=O)c1cc(OS(=O)(=O)C(F)(F)F)ccc12. The van der Waals surface area contributed by atoms with Crippen LogP contribution in [0.4, 0.5) is 13.2 Å². The Bertz CT molecular complexity index is 1060. The summed E-state index contributed by atoms with van der Waals surface area (Å²) in [5.74, 6) is -1.51. The van der Waals surface area contributed by atoms with Crippen LogP contribution in [0.1, 0.15) is 54.4 Å². The molecule has 0 N–H and O–H groups in total. The Morgan fingerprint density at radius 3 is 2.50 bits per heavy atom. The maximum atomic E-state index is 12.9. The third kappa shape index (κ3) is 4.74. The Balaban J connectivity index is 1.40. The van der Waals surface area contributed by atoms with Gasteiger partial charge in [-0.15, -0.1) is 0 Å². The van der Waals surface area contributed by atoms with Crippen LogP contribution >= 0.6 is 0 Å². The van der Waals surface area contributed by atoms with Crippen LogP contribution in [0.5, 0.6) is 5.75 Å². The quantitative estimate of drug-likeness (QED) is 0.334. The molecule has 0 radical (unpaired) electrons. The number of alkyl halides is 3. The summed E-state index contributed by atoms with van der Waals surface area (Å²) < 4.78 is 70.1. The predicted molar refractivity (Wildman–Crippen MR) is 114 cm³/mol. The predicted octanol–water partition coefficient (Wildman–Crippen LogP) is 3.03. The van der Waals surface area contributed by atoms with Gasteiger partial charge < -0.3 is 18.7 Å². The molecular weight excluding hydrogens is 477 g/mol. The molecule has 1 amide bonds. The van der Waals surface area contributed by atoms with Crippen molar-refractivity contribution in [3.8, 4) is 5.75 Å². The van der Waals surface area contributed by atoms with Gasteiger partial charge in [0.25, 0.3) is 0 Å². The average molecular weight is 505 g/mol. The van der Waals surface area contributed by atoms with Gasteiger partial charge >= 0.3 is 21.6 Å². The highest BCUT2D eigenvalue weighted by Gasteiger charge is 2.50. The van der Waals surface area contributed by atoms with Crippen LogP contribution in [-0.4, -0.2) is 68.8 Å². The first-order chi connectivity index (χ1) is 15.9. The third-order valence-corrected chi connectivity index (χ3v) is 7.93. The van der Waals surface area contributed by atoms with Gasteiger partial charge in [-0.3, -0.25) is 4.79 Å². The van der Waals surface area contributed by atoms with Gasteiger partial charge in [-0.1, -0.05) is 6.07 Å². The zero-order valence-electron chi connectivity index (χ0n) is 18.8. The summed E-state index contributed by atoms with van der Waals surface area (Å²) in [5, 5.41) is 0. The monoisotopic (exact) mass is 504 g/mol. The molecule has 1 saturated carbocycles. The number of rotatable bonds is 6. The van der Waals surface area contributed by atoms with E-state index in [0.29, 0.717) is 37.8 Å². The maximum Gasteiger partial charge on any atom is 0.534 e. The lowest BCUT2D eigenvalue weighted by atomic mass is 9.74. The molecule has 3 aliphatic rings. The number of nitrogens with zero attached hydrogens (tertiary/aromatic N) is 2. The Morgan fingerprint density at radius 2 is 1.88 bits per heavy atom. The molecule has 2 heterocycles. The molecular formula is C22H27F3N2O6S. The zero-order chi connectivity index (χ0) is 24.7. The fraction of sp³-hybridized carbons (Fsp3) is 0.636. The molecule has 0 bridgehead atoms. The lowest BCUT2D eigenvalue weighted by Crippen LogP contribution is -2.41. The molecule has 0 aromatic heterocycles. The Hall–Kier alpha value is -2.34. The second-order valence-corrected chi connectivity index (χ2v) is 10.7. The molecule has 8 nitrogen and oxygen atoms in total. The second-order valence-electron chi connectivity index (χ2n) is 9.16. The molecule has 2 aliphatic heterocycles.